The molecule has 0 atom stereocenters. The van der Waals surface area contributed by atoms with E-state index in [0.717, 1.165) is 5.56 Å². The van der Waals surface area contributed by atoms with Gasteiger partial charge in [-0.25, -0.2) is 0 Å². The zero-order valence-electron chi connectivity index (χ0n) is 8.23. The van der Waals surface area contributed by atoms with Gasteiger partial charge in [-0.3, -0.25) is 0 Å². The van der Waals surface area contributed by atoms with E-state index in [0.29, 0.717) is 0 Å². The molecule has 1 aromatic carbocycles. The summed E-state index contributed by atoms with van der Waals surface area (Å²) in [6.45, 7) is -0.814. The molecule has 0 fully saturated rings. The van der Waals surface area contributed by atoms with E-state index in [1.165, 1.54) is 24.3 Å². The SMILES string of the molecule is NCc1ccc(C(F)(F)CN=S(=O)=O)cc1. The molecule has 16 heavy (non-hydrogen) atoms. The third-order valence-corrected chi connectivity index (χ3v) is 2.32. The first-order chi connectivity index (χ1) is 7.45. The lowest BCUT2D eigenvalue weighted by molar-refractivity contribution is 0.00692. The van der Waals surface area contributed by atoms with Crippen molar-refractivity contribution >= 4 is 10.5 Å². The Morgan fingerprint density at radius 1 is 1.25 bits per heavy atom. The van der Waals surface area contributed by atoms with Crippen molar-refractivity contribution in [2.24, 2.45) is 10.1 Å². The monoisotopic (exact) mass is 248 g/mol. The molecule has 0 heterocycles. The van der Waals surface area contributed by atoms with Gasteiger partial charge in [-0.05, 0) is 5.56 Å². The molecule has 0 radical (unpaired) electrons. The summed E-state index contributed by atoms with van der Waals surface area (Å²) in [5.74, 6) is -3.28. The first-order valence-electron chi connectivity index (χ1n) is 4.40. The van der Waals surface area contributed by atoms with E-state index in [1.54, 1.807) is 0 Å². The highest BCUT2D eigenvalue weighted by Crippen LogP contribution is 2.28. The molecule has 2 N–H and O–H groups in total. The predicted molar refractivity (Wildman–Crippen MR) is 54.4 cm³/mol. The van der Waals surface area contributed by atoms with E-state index in [2.05, 4.69) is 4.36 Å². The molecule has 0 saturated heterocycles. The third-order valence-electron chi connectivity index (χ3n) is 1.98. The third kappa shape index (κ3) is 3.35. The van der Waals surface area contributed by atoms with Crippen LogP contribution in [0.15, 0.2) is 28.6 Å². The summed E-state index contributed by atoms with van der Waals surface area (Å²) in [7, 11) is -2.82. The Morgan fingerprint density at radius 2 is 1.81 bits per heavy atom. The number of halogens is 2. The molecule has 88 valence electrons. The van der Waals surface area contributed by atoms with Gasteiger partial charge in [0.25, 0.3) is 5.92 Å². The first-order valence-corrected chi connectivity index (χ1v) is 5.43. The molecule has 0 spiro atoms. The average molecular weight is 248 g/mol. The lowest BCUT2D eigenvalue weighted by Gasteiger charge is -2.13. The summed E-state index contributed by atoms with van der Waals surface area (Å²) < 4.78 is 49.6. The van der Waals surface area contributed by atoms with Gasteiger partial charge in [-0.2, -0.15) is 21.6 Å². The van der Waals surface area contributed by atoms with Crippen LogP contribution >= 0.6 is 0 Å². The van der Waals surface area contributed by atoms with Gasteiger partial charge in [0.1, 0.15) is 6.54 Å². The lowest BCUT2D eigenvalue weighted by Crippen LogP contribution is -2.17. The van der Waals surface area contributed by atoms with Crippen molar-refractivity contribution in [1.29, 1.82) is 0 Å². The molecule has 0 aliphatic heterocycles. The fourth-order valence-electron chi connectivity index (χ4n) is 1.11. The van der Waals surface area contributed by atoms with Crippen LogP contribution in [0.25, 0.3) is 0 Å². The Kier molecular flexibility index (Phi) is 4.08. The first kappa shape index (κ1) is 12.7. The van der Waals surface area contributed by atoms with E-state index < -0.39 is 23.0 Å². The maximum absolute atomic E-state index is 13.4. The van der Waals surface area contributed by atoms with Crippen LogP contribution in [-0.4, -0.2) is 15.0 Å². The second kappa shape index (κ2) is 5.13. The minimum absolute atomic E-state index is 0.265. The standard InChI is InChI=1S/C9H10F2N2O2S/c10-9(11,6-13-16(14)15)8-3-1-7(5-12)2-4-8/h1-4H,5-6,12H2. The highest BCUT2D eigenvalue weighted by Gasteiger charge is 2.31. The molecule has 0 unspecified atom stereocenters. The van der Waals surface area contributed by atoms with Crippen molar-refractivity contribution in [3.8, 4) is 0 Å². The van der Waals surface area contributed by atoms with Crippen molar-refractivity contribution in [3.05, 3.63) is 35.4 Å². The quantitative estimate of drug-likeness (QED) is 0.872. The number of nitrogens with zero attached hydrogens (tertiary/aromatic N) is 1. The summed E-state index contributed by atoms with van der Waals surface area (Å²) in [5, 5.41) is 0. The van der Waals surface area contributed by atoms with E-state index in [9.17, 15) is 17.2 Å². The van der Waals surface area contributed by atoms with Gasteiger partial charge in [-0.1, -0.05) is 24.3 Å². The highest BCUT2D eigenvalue weighted by molar-refractivity contribution is 7.61. The molecule has 1 rings (SSSR count). The van der Waals surface area contributed by atoms with Crippen LogP contribution in [0.2, 0.25) is 0 Å². The molecule has 1 aromatic rings. The Morgan fingerprint density at radius 3 is 2.25 bits per heavy atom. The molecule has 7 heteroatoms. The van der Waals surface area contributed by atoms with Gasteiger partial charge < -0.3 is 5.73 Å². The topological polar surface area (TPSA) is 72.5 Å². The molecular formula is C9H10F2N2O2S. The van der Waals surface area contributed by atoms with Crippen molar-refractivity contribution in [1.82, 2.24) is 0 Å². The average Bonchev–Trinajstić information content (AvgIpc) is 2.27. The Bertz CT molecular complexity index is 475. The van der Waals surface area contributed by atoms with Crippen molar-refractivity contribution in [2.45, 2.75) is 12.5 Å². The molecule has 0 saturated carbocycles. The minimum Gasteiger partial charge on any atom is -0.326 e. The van der Waals surface area contributed by atoms with Crippen LogP contribution in [0.5, 0.6) is 0 Å². The Hall–Kier alpha value is -1.34. The molecule has 4 nitrogen and oxygen atoms in total. The van der Waals surface area contributed by atoms with Gasteiger partial charge in [0.2, 0.25) is 0 Å². The number of nitrogens with two attached hydrogens (primary N) is 1. The van der Waals surface area contributed by atoms with Gasteiger partial charge in [0.15, 0.2) is 0 Å². The summed E-state index contributed by atoms with van der Waals surface area (Å²) in [4.78, 5) is 0. The van der Waals surface area contributed by atoms with E-state index in [4.69, 9.17) is 5.73 Å². The summed E-state index contributed by atoms with van der Waals surface area (Å²) in [6.07, 6.45) is 0. The molecule has 0 aliphatic carbocycles. The summed E-state index contributed by atoms with van der Waals surface area (Å²) in [5.41, 5.74) is 5.77. The van der Waals surface area contributed by atoms with Crippen LogP contribution < -0.4 is 5.73 Å². The van der Waals surface area contributed by atoms with Crippen LogP contribution in [-0.2, 0) is 23.0 Å². The van der Waals surface area contributed by atoms with E-state index in [1.807, 2.05) is 0 Å². The Balaban J connectivity index is 2.93. The summed E-state index contributed by atoms with van der Waals surface area (Å²) in [6, 6.07) is 5.37. The van der Waals surface area contributed by atoms with E-state index >= 15 is 0 Å². The smallest absolute Gasteiger partial charge is 0.311 e. The van der Waals surface area contributed by atoms with Gasteiger partial charge in [0.05, 0.1) is 0 Å². The van der Waals surface area contributed by atoms with Crippen molar-refractivity contribution in [2.75, 3.05) is 6.54 Å². The maximum Gasteiger partial charge on any atom is 0.311 e. The van der Waals surface area contributed by atoms with Crippen molar-refractivity contribution < 1.29 is 17.2 Å². The zero-order chi connectivity index (χ0) is 12.2. The van der Waals surface area contributed by atoms with Crippen LogP contribution in [0.1, 0.15) is 11.1 Å². The Labute approximate surface area is 92.8 Å². The maximum atomic E-state index is 13.4. The number of hydrogen-bond donors (Lipinski definition) is 1. The normalized spacial score (nSPS) is 11.2. The second-order valence-corrected chi connectivity index (χ2v) is 3.80. The number of benzene rings is 1. The van der Waals surface area contributed by atoms with Crippen molar-refractivity contribution in [3.63, 3.8) is 0 Å². The number of hydrogen-bond acceptors (Lipinski definition) is 4. The largest absolute Gasteiger partial charge is 0.326 e. The summed E-state index contributed by atoms with van der Waals surface area (Å²) >= 11 is 0. The van der Waals surface area contributed by atoms with Crippen LogP contribution in [0.3, 0.4) is 0 Å². The van der Waals surface area contributed by atoms with Crippen LogP contribution in [0, 0.1) is 0 Å². The minimum atomic E-state index is -3.28. The fourth-order valence-corrected chi connectivity index (χ4v) is 1.38. The lowest BCUT2D eigenvalue weighted by atomic mass is 10.1. The molecule has 0 aliphatic rings. The molecule has 0 bridgehead atoms. The molecular weight excluding hydrogens is 238 g/mol. The van der Waals surface area contributed by atoms with Gasteiger partial charge in [-0.15, -0.1) is 0 Å². The van der Waals surface area contributed by atoms with E-state index in [-0.39, 0.29) is 12.1 Å². The highest BCUT2D eigenvalue weighted by atomic mass is 32.2. The number of rotatable bonds is 4. The molecule has 0 amide bonds. The molecule has 0 aromatic heterocycles. The van der Waals surface area contributed by atoms with Gasteiger partial charge in [0, 0.05) is 12.1 Å². The fraction of sp³-hybridized carbons (Fsp3) is 0.333. The predicted octanol–water partition coefficient (Wildman–Crippen LogP) is 1.30. The number of alkyl halides is 2. The van der Waals surface area contributed by atoms with Crippen LogP contribution in [0.4, 0.5) is 8.78 Å². The van der Waals surface area contributed by atoms with Gasteiger partial charge >= 0.3 is 10.5 Å². The zero-order valence-corrected chi connectivity index (χ0v) is 9.05. The second-order valence-electron chi connectivity index (χ2n) is 3.11.